The van der Waals surface area contributed by atoms with Crippen molar-refractivity contribution in [2.45, 2.75) is 58.7 Å². The second-order valence-electron chi connectivity index (χ2n) is 7.23. The molecule has 0 rings (SSSR count). The van der Waals surface area contributed by atoms with Crippen molar-refractivity contribution in [3.05, 3.63) is 0 Å². The third-order valence-electron chi connectivity index (χ3n) is 3.68. The number of amides is 3. The summed E-state index contributed by atoms with van der Waals surface area (Å²) in [5.74, 6) is -2.65. The number of carboxylic acid groups (broad SMARTS) is 1. The van der Waals surface area contributed by atoms with E-state index in [4.69, 9.17) is 5.73 Å². The van der Waals surface area contributed by atoms with Gasteiger partial charge in [0.15, 0.2) is 0 Å². The van der Waals surface area contributed by atoms with E-state index >= 15 is 0 Å². The molecule has 0 saturated heterocycles. The predicted molar refractivity (Wildman–Crippen MR) is 105 cm³/mol. The molecular weight excluding hydrogens is 372 g/mol. The number of carbonyl (C=O) groups is 4. The Balaban J connectivity index is 5.07. The van der Waals surface area contributed by atoms with Crippen molar-refractivity contribution in [3.63, 3.8) is 0 Å². The van der Waals surface area contributed by atoms with Crippen molar-refractivity contribution < 1.29 is 24.3 Å². The maximum absolute atomic E-state index is 12.5. The largest absolute Gasteiger partial charge is 0.480 e. The van der Waals surface area contributed by atoms with E-state index in [1.54, 1.807) is 0 Å². The van der Waals surface area contributed by atoms with Crippen LogP contribution in [0.4, 0.5) is 0 Å². The van der Waals surface area contributed by atoms with Gasteiger partial charge in [-0.1, -0.05) is 27.7 Å². The summed E-state index contributed by atoms with van der Waals surface area (Å²) in [4.78, 5) is 47.7. The normalized spacial score (nSPS) is 14.4. The van der Waals surface area contributed by atoms with Crippen molar-refractivity contribution in [3.8, 4) is 0 Å². The molecule has 0 saturated carbocycles. The van der Waals surface area contributed by atoms with Crippen LogP contribution in [-0.4, -0.2) is 59.2 Å². The number of hydrogen-bond acceptors (Lipinski definition) is 6. The van der Waals surface area contributed by atoms with Crippen LogP contribution in [-0.2, 0) is 19.2 Å². The van der Waals surface area contributed by atoms with Gasteiger partial charge in [0.1, 0.15) is 18.1 Å². The Morgan fingerprint density at radius 2 is 1.30 bits per heavy atom. The highest BCUT2D eigenvalue weighted by Gasteiger charge is 2.29. The van der Waals surface area contributed by atoms with Gasteiger partial charge in [0.25, 0.3) is 0 Å². The van der Waals surface area contributed by atoms with Crippen LogP contribution in [0.25, 0.3) is 0 Å². The van der Waals surface area contributed by atoms with Gasteiger partial charge in [-0.3, -0.25) is 14.4 Å². The number of carboxylic acids is 1. The molecule has 0 bridgehead atoms. The van der Waals surface area contributed by atoms with Gasteiger partial charge in [-0.05, 0) is 24.7 Å². The van der Waals surface area contributed by atoms with Crippen molar-refractivity contribution in [1.82, 2.24) is 16.0 Å². The highest BCUT2D eigenvalue weighted by atomic mass is 32.1. The topological polar surface area (TPSA) is 151 Å². The van der Waals surface area contributed by atoms with E-state index in [1.165, 1.54) is 0 Å². The van der Waals surface area contributed by atoms with Gasteiger partial charge in [0.05, 0.1) is 6.54 Å². The van der Waals surface area contributed by atoms with Crippen LogP contribution in [0.5, 0.6) is 0 Å². The Kier molecular flexibility index (Phi) is 11.7. The Bertz CT molecular complexity index is 527. The molecule has 0 spiro atoms. The summed E-state index contributed by atoms with van der Waals surface area (Å²) in [6.45, 7) is 7.21. The van der Waals surface area contributed by atoms with Gasteiger partial charge in [0.2, 0.25) is 17.7 Å². The maximum Gasteiger partial charge on any atom is 0.326 e. The molecule has 0 aromatic rings. The monoisotopic (exact) mass is 404 g/mol. The van der Waals surface area contributed by atoms with Gasteiger partial charge in [-0.2, -0.15) is 12.6 Å². The van der Waals surface area contributed by atoms with E-state index in [1.807, 2.05) is 27.7 Å². The van der Waals surface area contributed by atoms with E-state index in [0.717, 1.165) is 0 Å². The lowest BCUT2D eigenvalue weighted by atomic mass is 10.0. The van der Waals surface area contributed by atoms with E-state index in [9.17, 15) is 24.3 Å². The van der Waals surface area contributed by atoms with E-state index in [2.05, 4.69) is 28.6 Å². The summed E-state index contributed by atoms with van der Waals surface area (Å²) in [5, 5.41) is 16.7. The summed E-state index contributed by atoms with van der Waals surface area (Å²) in [5.41, 5.74) is 5.27. The molecule has 0 aliphatic carbocycles. The first-order valence-electron chi connectivity index (χ1n) is 8.95. The van der Waals surface area contributed by atoms with Crippen molar-refractivity contribution in [2.75, 3.05) is 12.3 Å². The second-order valence-corrected chi connectivity index (χ2v) is 7.59. The van der Waals surface area contributed by atoms with Gasteiger partial charge in [-0.25, -0.2) is 4.79 Å². The van der Waals surface area contributed by atoms with Crippen LogP contribution in [0.3, 0.4) is 0 Å². The molecule has 0 aliphatic heterocycles. The molecule has 3 atom stereocenters. The van der Waals surface area contributed by atoms with Crippen LogP contribution in [0, 0.1) is 11.8 Å². The minimum absolute atomic E-state index is 0.0230. The van der Waals surface area contributed by atoms with Gasteiger partial charge >= 0.3 is 5.97 Å². The molecule has 0 aromatic carbocycles. The molecule has 0 radical (unpaired) electrons. The van der Waals surface area contributed by atoms with Crippen LogP contribution < -0.4 is 21.7 Å². The molecule has 0 aromatic heterocycles. The maximum atomic E-state index is 12.5. The highest BCUT2D eigenvalue weighted by molar-refractivity contribution is 7.80. The lowest BCUT2D eigenvalue weighted by molar-refractivity contribution is -0.142. The fourth-order valence-corrected chi connectivity index (χ4v) is 2.64. The van der Waals surface area contributed by atoms with E-state index in [0.29, 0.717) is 6.42 Å². The minimum atomic E-state index is -1.14. The van der Waals surface area contributed by atoms with Crippen molar-refractivity contribution in [2.24, 2.45) is 17.6 Å². The molecular formula is C17H32N4O5S. The number of nitrogens with two attached hydrogens (primary N) is 1. The summed E-state index contributed by atoms with van der Waals surface area (Å²) in [6.07, 6.45) is 0.625. The van der Waals surface area contributed by atoms with Gasteiger partial charge in [0, 0.05) is 5.75 Å². The molecule has 6 N–H and O–H groups in total. The summed E-state index contributed by atoms with van der Waals surface area (Å²) in [7, 11) is 0. The summed E-state index contributed by atoms with van der Waals surface area (Å²) in [6, 6.07) is -2.93. The zero-order chi connectivity index (χ0) is 21.1. The summed E-state index contributed by atoms with van der Waals surface area (Å²) >= 11 is 4.07. The number of carbonyl (C=O) groups excluding carboxylic acids is 3. The Morgan fingerprint density at radius 1 is 0.852 bits per heavy atom. The third-order valence-corrected chi connectivity index (χ3v) is 4.05. The van der Waals surface area contributed by atoms with Crippen LogP contribution in [0.2, 0.25) is 0 Å². The Labute approximate surface area is 165 Å². The van der Waals surface area contributed by atoms with E-state index in [-0.39, 0.29) is 30.6 Å². The average Bonchev–Trinajstić information content (AvgIpc) is 2.56. The zero-order valence-electron chi connectivity index (χ0n) is 16.3. The van der Waals surface area contributed by atoms with Gasteiger partial charge < -0.3 is 26.8 Å². The smallest absolute Gasteiger partial charge is 0.326 e. The third kappa shape index (κ3) is 10.2. The standard InChI is InChI=1S/C17H32N4O5S/c1-9(2)5-11(19-14(22)7-18)15(23)21-13(8-27)16(24)20-12(17(25)26)6-10(3)4/h9-13,27H,5-8,18H2,1-4H3,(H,19,22)(H,20,24)(H,21,23)(H,25,26). The van der Waals surface area contributed by atoms with Crippen LogP contribution in [0.15, 0.2) is 0 Å². The van der Waals surface area contributed by atoms with Gasteiger partial charge in [-0.15, -0.1) is 0 Å². The Morgan fingerprint density at radius 3 is 1.70 bits per heavy atom. The van der Waals surface area contributed by atoms with E-state index < -0.39 is 41.8 Å². The minimum Gasteiger partial charge on any atom is -0.480 e. The number of thiol groups is 1. The molecule has 9 nitrogen and oxygen atoms in total. The number of hydrogen-bond donors (Lipinski definition) is 6. The molecule has 3 unspecified atom stereocenters. The van der Waals surface area contributed by atoms with Crippen molar-refractivity contribution >= 4 is 36.3 Å². The quantitative estimate of drug-likeness (QED) is 0.242. The molecule has 27 heavy (non-hydrogen) atoms. The fraction of sp³-hybridized carbons (Fsp3) is 0.765. The molecule has 0 heterocycles. The number of nitrogens with one attached hydrogen (secondary N) is 3. The molecule has 0 aliphatic rings. The zero-order valence-corrected chi connectivity index (χ0v) is 17.2. The SMILES string of the molecule is CC(C)CC(NC(=O)C(CS)NC(=O)C(CC(C)C)NC(=O)CN)C(=O)O. The van der Waals surface area contributed by atoms with Crippen LogP contribution >= 0.6 is 12.6 Å². The fourth-order valence-electron chi connectivity index (χ4n) is 2.39. The predicted octanol–water partition coefficient (Wildman–Crippen LogP) is -0.494. The van der Waals surface area contributed by atoms with Crippen molar-refractivity contribution in [1.29, 1.82) is 0 Å². The molecule has 10 heteroatoms. The highest BCUT2D eigenvalue weighted by Crippen LogP contribution is 2.07. The first-order chi connectivity index (χ1) is 12.5. The number of aliphatic carboxylic acids is 1. The van der Waals surface area contributed by atoms with Crippen LogP contribution in [0.1, 0.15) is 40.5 Å². The second kappa shape index (κ2) is 12.6. The molecule has 156 valence electrons. The number of rotatable bonds is 12. The average molecular weight is 405 g/mol. The lowest BCUT2D eigenvalue weighted by Crippen LogP contribution is -2.57. The first-order valence-corrected chi connectivity index (χ1v) is 9.58. The Hall–Kier alpha value is -1.81. The summed E-state index contributed by atoms with van der Waals surface area (Å²) < 4.78 is 0. The molecule has 0 fully saturated rings. The first kappa shape index (κ1) is 25.2. The lowest BCUT2D eigenvalue weighted by Gasteiger charge is -2.24. The molecule has 3 amide bonds.